The van der Waals surface area contributed by atoms with Gasteiger partial charge in [-0.15, -0.1) is 0 Å². The normalized spacial score (nSPS) is 13.9. The lowest BCUT2D eigenvalue weighted by Gasteiger charge is -2.23. The highest BCUT2D eigenvalue weighted by Gasteiger charge is 2.27. The number of rotatable bonds is 10. The summed E-state index contributed by atoms with van der Waals surface area (Å²) >= 11 is 0. The van der Waals surface area contributed by atoms with Gasteiger partial charge in [0.15, 0.2) is 0 Å². The topological polar surface area (TPSA) is 95.6 Å². The summed E-state index contributed by atoms with van der Waals surface area (Å²) < 4.78 is 27.9. The summed E-state index contributed by atoms with van der Waals surface area (Å²) in [5, 5.41) is 5.66. The second-order valence-corrected chi connectivity index (χ2v) is 11.1. The maximum absolute atomic E-state index is 13.3. The van der Waals surface area contributed by atoms with Crippen molar-refractivity contribution < 1.29 is 18.0 Å². The maximum atomic E-state index is 13.3. The molecule has 1 fully saturated rings. The molecule has 3 rings (SSSR count). The number of carbonyl (C=O) groups is 2. The molecule has 8 heteroatoms. The Labute approximate surface area is 196 Å². The molecule has 2 amide bonds. The summed E-state index contributed by atoms with van der Waals surface area (Å²) in [6.45, 7) is 7.75. The minimum Gasteiger partial charge on any atom is -0.349 e. The highest BCUT2D eigenvalue weighted by Crippen LogP contribution is 2.22. The van der Waals surface area contributed by atoms with Crippen molar-refractivity contribution in [2.24, 2.45) is 5.92 Å². The number of nitrogens with one attached hydrogen (secondary N) is 2. The Morgan fingerprint density at radius 3 is 2.42 bits per heavy atom. The highest BCUT2D eigenvalue weighted by atomic mass is 32.2. The van der Waals surface area contributed by atoms with E-state index in [2.05, 4.69) is 10.6 Å². The predicted octanol–water partition coefficient (Wildman–Crippen LogP) is 3.87. The third-order valence-corrected chi connectivity index (χ3v) is 7.55. The van der Waals surface area contributed by atoms with Gasteiger partial charge < -0.3 is 10.6 Å². The highest BCUT2D eigenvalue weighted by molar-refractivity contribution is 7.89. The Morgan fingerprint density at radius 2 is 1.79 bits per heavy atom. The van der Waals surface area contributed by atoms with E-state index in [-0.39, 0.29) is 35.9 Å². The van der Waals surface area contributed by atoms with Crippen LogP contribution < -0.4 is 10.6 Å². The van der Waals surface area contributed by atoms with Crippen LogP contribution in [0.5, 0.6) is 0 Å². The van der Waals surface area contributed by atoms with Gasteiger partial charge in [-0.1, -0.05) is 26.0 Å². The summed E-state index contributed by atoms with van der Waals surface area (Å²) in [4.78, 5) is 25.3. The fraction of sp³-hybridized carbons (Fsp3) is 0.440. The number of anilines is 1. The van der Waals surface area contributed by atoms with Crippen LogP contribution >= 0.6 is 0 Å². The zero-order valence-corrected chi connectivity index (χ0v) is 20.5. The van der Waals surface area contributed by atoms with Gasteiger partial charge in [-0.2, -0.15) is 4.31 Å². The van der Waals surface area contributed by atoms with Crippen molar-refractivity contribution in [3.05, 3.63) is 59.2 Å². The second-order valence-electron chi connectivity index (χ2n) is 9.14. The first-order valence-corrected chi connectivity index (χ1v) is 12.8. The molecule has 0 unspecified atom stereocenters. The lowest BCUT2D eigenvalue weighted by Crippen LogP contribution is -2.39. The molecule has 0 atom stereocenters. The molecular weight excluding hydrogens is 438 g/mol. The standard InChI is InChI=1S/C25H33N3O4S/c1-17(2)12-13-28(33(31,32)23-11-8-18(3)19(4)14-23)16-24(29)26-22-7-5-6-20(15-22)25(30)27-21-9-10-21/h5-8,11,14-15,17,21H,9-10,12-13,16H2,1-4H3,(H,26,29)(H,27,30). The Morgan fingerprint density at radius 1 is 1.06 bits per heavy atom. The van der Waals surface area contributed by atoms with Crippen LogP contribution in [0.1, 0.15) is 54.6 Å². The van der Waals surface area contributed by atoms with Gasteiger partial charge in [0.05, 0.1) is 11.4 Å². The Balaban J connectivity index is 1.75. The summed E-state index contributed by atoms with van der Waals surface area (Å²) in [7, 11) is -3.84. The van der Waals surface area contributed by atoms with E-state index in [0.29, 0.717) is 17.7 Å². The first-order valence-electron chi connectivity index (χ1n) is 11.3. The molecule has 2 N–H and O–H groups in total. The molecule has 33 heavy (non-hydrogen) atoms. The van der Waals surface area contributed by atoms with Gasteiger partial charge in [0.25, 0.3) is 5.91 Å². The van der Waals surface area contributed by atoms with Crippen LogP contribution in [-0.4, -0.2) is 43.7 Å². The monoisotopic (exact) mass is 471 g/mol. The minimum absolute atomic E-state index is 0.176. The number of carbonyl (C=O) groups excluding carboxylic acids is 2. The smallest absolute Gasteiger partial charge is 0.251 e. The van der Waals surface area contributed by atoms with Crippen molar-refractivity contribution in [2.75, 3.05) is 18.4 Å². The predicted molar refractivity (Wildman–Crippen MR) is 130 cm³/mol. The van der Waals surface area contributed by atoms with E-state index in [1.165, 1.54) is 4.31 Å². The number of hydrogen-bond acceptors (Lipinski definition) is 4. The van der Waals surface area contributed by atoms with Crippen LogP contribution in [-0.2, 0) is 14.8 Å². The Hall–Kier alpha value is -2.71. The summed E-state index contributed by atoms with van der Waals surface area (Å²) in [6.07, 6.45) is 2.61. The largest absolute Gasteiger partial charge is 0.349 e. The number of nitrogens with zero attached hydrogens (tertiary/aromatic N) is 1. The summed E-state index contributed by atoms with van der Waals surface area (Å²) in [5.74, 6) is -0.345. The van der Waals surface area contributed by atoms with Crippen molar-refractivity contribution in [3.8, 4) is 0 Å². The SMILES string of the molecule is Cc1ccc(S(=O)(=O)N(CCC(C)C)CC(=O)Nc2cccc(C(=O)NC3CC3)c2)cc1C. The molecule has 7 nitrogen and oxygen atoms in total. The molecule has 2 aromatic carbocycles. The lowest BCUT2D eigenvalue weighted by atomic mass is 10.1. The molecule has 0 radical (unpaired) electrons. The summed E-state index contributed by atoms with van der Waals surface area (Å²) in [5.41, 5.74) is 2.80. The average molecular weight is 472 g/mol. The van der Waals surface area contributed by atoms with Crippen LogP contribution in [0.15, 0.2) is 47.4 Å². The molecule has 0 saturated heterocycles. The zero-order chi connectivity index (χ0) is 24.2. The molecule has 2 aromatic rings. The van der Waals surface area contributed by atoms with Crippen molar-refractivity contribution in [3.63, 3.8) is 0 Å². The van der Waals surface area contributed by atoms with E-state index in [1.54, 1.807) is 42.5 Å². The van der Waals surface area contributed by atoms with Gasteiger partial charge in [-0.25, -0.2) is 8.42 Å². The van der Waals surface area contributed by atoms with E-state index in [9.17, 15) is 18.0 Å². The van der Waals surface area contributed by atoms with Crippen LogP contribution in [0.2, 0.25) is 0 Å². The first-order chi connectivity index (χ1) is 15.6. The number of sulfonamides is 1. The van der Waals surface area contributed by atoms with Crippen molar-refractivity contribution in [1.82, 2.24) is 9.62 Å². The van der Waals surface area contributed by atoms with Crippen LogP contribution in [0.3, 0.4) is 0 Å². The van der Waals surface area contributed by atoms with Gasteiger partial charge >= 0.3 is 0 Å². The molecule has 0 heterocycles. The van der Waals surface area contributed by atoms with Crippen LogP contribution in [0.25, 0.3) is 0 Å². The third-order valence-electron chi connectivity index (χ3n) is 5.71. The number of benzene rings is 2. The van der Waals surface area contributed by atoms with Gasteiger partial charge in [0, 0.05) is 23.8 Å². The molecule has 0 bridgehead atoms. The Kier molecular flexibility index (Phi) is 7.92. The van der Waals surface area contributed by atoms with E-state index in [0.717, 1.165) is 24.0 Å². The van der Waals surface area contributed by atoms with Gasteiger partial charge in [0.2, 0.25) is 15.9 Å². The molecule has 1 aliphatic carbocycles. The van der Waals surface area contributed by atoms with Gasteiger partial charge in [-0.05, 0) is 80.5 Å². The van der Waals surface area contributed by atoms with Gasteiger partial charge in [-0.3, -0.25) is 9.59 Å². The van der Waals surface area contributed by atoms with Crippen LogP contribution in [0, 0.1) is 19.8 Å². The lowest BCUT2D eigenvalue weighted by molar-refractivity contribution is -0.116. The van der Waals surface area contributed by atoms with Crippen molar-refractivity contribution >= 4 is 27.5 Å². The molecule has 1 saturated carbocycles. The Bertz CT molecular complexity index is 1120. The maximum Gasteiger partial charge on any atom is 0.251 e. The molecule has 1 aliphatic rings. The molecule has 0 aromatic heterocycles. The minimum atomic E-state index is -3.84. The average Bonchev–Trinajstić information content (AvgIpc) is 3.56. The van der Waals surface area contributed by atoms with E-state index >= 15 is 0 Å². The fourth-order valence-electron chi connectivity index (χ4n) is 3.31. The third kappa shape index (κ3) is 6.88. The molecular formula is C25H33N3O4S. The van der Waals surface area contributed by atoms with Crippen molar-refractivity contribution in [1.29, 1.82) is 0 Å². The number of hydrogen-bond donors (Lipinski definition) is 2. The van der Waals surface area contributed by atoms with Crippen LogP contribution in [0.4, 0.5) is 5.69 Å². The second kappa shape index (κ2) is 10.5. The number of aryl methyl sites for hydroxylation is 2. The van der Waals surface area contributed by atoms with Gasteiger partial charge in [0.1, 0.15) is 0 Å². The fourth-order valence-corrected chi connectivity index (χ4v) is 4.80. The van der Waals surface area contributed by atoms with E-state index in [1.807, 2.05) is 27.7 Å². The quantitative estimate of drug-likeness (QED) is 0.550. The first kappa shape index (κ1) is 24.9. The summed E-state index contributed by atoms with van der Waals surface area (Å²) in [6, 6.07) is 11.9. The number of amides is 2. The molecule has 178 valence electrons. The van der Waals surface area contributed by atoms with E-state index < -0.39 is 15.9 Å². The van der Waals surface area contributed by atoms with Crippen molar-refractivity contribution in [2.45, 2.75) is 57.9 Å². The van der Waals surface area contributed by atoms with E-state index in [4.69, 9.17) is 0 Å². The molecule has 0 aliphatic heterocycles. The molecule has 0 spiro atoms. The zero-order valence-electron chi connectivity index (χ0n) is 19.7.